The fourth-order valence-corrected chi connectivity index (χ4v) is 6.10. The number of amides is 1. The summed E-state index contributed by atoms with van der Waals surface area (Å²) < 4.78 is 29.5. The molecule has 228 valence electrons. The highest BCUT2D eigenvalue weighted by molar-refractivity contribution is 6.88. The van der Waals surface area contributed by atoms with Crippen molar-refractivity contribution in [1.29, 1.82) is 0 Å². The van der Waals surface area contributed by atoms with Gasteiger partial charge in [0, 0.05) is 31.3 Å². The smallest absolute Gasteiger partial charge is 0.290 e. The van der Waals surface area contributed by atoms with Crippen molar-refractivity contribution >= 4 is 25.1 Å². The van der Waals surface area contributed by atoms with Crippen molar-refractivity contribution in [2.75, 3.05) is 58.5 Å². The SMILES string of the molecule is CCN(CC)CC1CN(c2nc(OC)c(-c3cc([Si](C)(C)C)cc(Oc4ccc(C(N)=O)o4)c3C)c(OC)n2)CCO1. The average molecular weight is 598 g/mol. The Morgan fingerprint density at radius 1 is 1.12 bits per heavy atom. The minimum atomic E-state index is -1.84. The van der Waals surface area contributed by atoms with Crippen LogP contribution < -0.4 is 30.0 Å². The zero-order chi connectivity index (χ0) is 30.6. The lowest BCUT2D eigenvalue weighted by molar-refractivity contribution is 0.0171. The predicted octanol–water partition coefficient (Wildman–Crippen LogP) is 4.05. The maximum Gasteiger partial charge on any atom is 0.290 e. The third-order valence-electron chi connectivity index (χ3n) is 7.53. The second kappa shape index (κ2) is 13.1. The zero-order valence-electron chi connectivity index (χ0n) is 25.9. The number of nitrogens with zero attached hydrogens (tertiary/aromatic N) is 4. The molecule has 0 radical (unpaired) electrons. The molecule has 3 heterocycles. The second-order valence-corrected chi connectivity index (χ2v) is 16.4. The third-order valence-corrected chi connectivity index (χ3v) is 9.55. The van der Waals surface area contributed by atoms with Gasteiger partial charge in [0.2, 0.25) is 17.7 Å². The minimum absolute atomic E-state index is 0.0269. The van der Waals surface area contributed by atoms with Crippen molar-refractivity contribution in [1.82, 2.24) is 14.9 Å². The molecule has 0 spiro atoms. The molecule has 1 saturated heterocycles. The van der Waals surface area contributed by atoms with Crippen molar-refractivity contribution in [3.8, 4) is 34.6 Å². The number of primary amides is 1. The highest BCUT2D eigenvalue weighted by atomic mass is 28.3. The van der Waals surface area contributed by atoms with Gasteiger partial charge in [-0.2, -0.15) is 9.97 Å². The van der Waals surface area contributed by atoms with Crippen molar-refractivity contribution < 1.29 is 28.2 Å². The van der Waals surface area contributed by atoms with Gasteiger partial charge in [0.1, 0.15) is 11.3 Å². The van der Waals surface area contributed by atoms with Crippen molar-refractivity contribution in [3.05, 3.63) is 35.6 Å². The van der Waals surface area contributed by atoms with Gasteiger partial charge in [-0.15, -0.1) is 0 Å². The second-order valence-electron chi connectivity index (χ2n) is 11.3. The highest BCUT2D eigenvalue weighted by Crippen LogP contribution is 2.42. The normalized spacial score (nSPS) is 15.6. The molecule has 4 rings (SSSR count). The number of benzene rings is 1. The summed E-state index contributed by atoms with van der Waals surface area (Å²) in [6.07, 6.45) is 0.0472. The Balaban J connectivity index is 1.77. The summed E-state index contributed by atoms with van der Waals surface area (Å²) in [6, 6.07) is 7.24. The number of rotatable bonds is 12. The molecule has 1 aromatic carbocycles. The number of ether oxygens (including phenoxy) is 4. The van der Waals surface area contributed by atoms with Gasteiger partial charge in [0.25, 0.3) is 11.9 Å². The van der Waals surface area contributed by atoms with Gasteiger partial charge in [-0.25, -0.2) is 0 Å². The van der Waals surface area contributed by atoms with Gasteiger partial charge in [-0.05, 0) is 37.7 Å². The van der Waals surface area contributed by atoms with E-state index < -0.39 is 14.0 Å². The minimum Gasteiger partial charge on any atom is -0.480 e. The summed E-state index contributed by atoms with van der Waals surface area (Å²) >= 11 is 0. The van der Waals surface area contributed by atoms with E-state index in [0.717, 1.165) is 35.9 Å². The molecule has 0 aliphatic carbocycles. The molecular weight excluding hydrogens is 554 g/mol. The number of methoxy groups -OCH3 is 2. The number of morpholine rings is 1. The first-order valence-electron chi connectivity index (χ1n) is 14.3. The standard InChI is InChI=1S/C30H43N5O6Si/c1-9-34(10-2)17-20-18-35(13-14-39-20)30-32-28(37-4)26(29(33-30)38-5)22-15-21(42(6,7)8)16-24(19(22)3)41-25-12-11-23(40-25)27(31)36/h11-12,15-16,20H,9-10,13-14,17-18H2,1-8H3,(H2,31,36). The van der Waals surface area contributed by atoms with Crippen LogP contribution in [0, 0.1) is 6.92 Å². The van der Waals surface area contributed by atoms with Crippen LogP contribution in [0.4, 0.5) is 5.95 Å². The molecule has 1 unspecified atom stereocenters. The van der Waals surface area contributed by atoms with E-state index in [2.05, 4.69) is 49.4 Å². The molecule has 1 atom stereocenters. The molecule has 1 amide bonds. The third kappa shape index (κ3) is 6.88. The van der Waals surface area contributed by atoms with Crippen LogP contribution in [-0.2, 0) is 4.74 Å². The quantitative estimate of drug-likeness (QED) is 0.306. The van der Waals surface area contributed by atoms with E-state index in [1.807, 2.05) is 13.0 Å². The number of nitrogens with two attached hydrogens (primary N) is 1. The van der Waals surface area contributed by atoms with E-state index in [1.54, 1.807) is 20.3 Å². The fraction of sp³-hybridized carbons (Fsp3) is 0.500. The Hall–Kier alpha value is -3.61. The molecule has 11 nitrogen and oxygen atoms in total. The van der Waals surface area contributed by atoms with Crippen molar-refractivity contribution in [3.63, 3.8) is 0 Å². The van der Waals surface area contributed by atoms with Gasteiger partial charge in [0.15, 0.2) is 5.76 Å². The first-order chi connectivity index (χ1) is 20.0. The Bertz CT molecular complexity index is 1380. The number of anilines is 1. The Labute approximate surface area is 248 Å². The van der Waals surface area contributed by atoms with Crippen LogP contribution in [0.5, 0.6) is 23.5 Å². The van der Waals surface area contributed by atoms with E-state index in [9.17, 15) is 4.79 Å². The Morgan fingerprint density at radius 2 is 1.79 bits per heavy atom. The van der Waals surface area contributed by atoms with Gasteiger partial charge in [-0.1, -0.05) is 44.7 Å². The van der Waals surface area contributed by atoms with Crippen LogP contribution in [0.1, 0.15) is 30.0 Å². The monoisotopic (exact) mass is 597 g/mol. The number of carbonyl (C=O) groups is 1. The topological polar surface area (TPSA) is 125 Å². The van der Waals surface area contributed by atoms with Gasteiger partial charge in [0.05, 0.1) is 35.0 Å². The van der Waals surface area contributed by atoms with E-state index >= 15 is 0 Å². The van der Waals surface area contributed by atoms with Crippen LogP contribution in [0.25, 0.3) is 11.1 Å². The molecule has 3 aromatic rings. The van der Waals surface area contributed by atoms with Gasteiger partial charge >= 0.3 is 0 Å². The molecule has 12 heteroatoms. The Kier molecular flexibility index (Phi) is 9.80. The molecule has 2 N–H and O–H groups in total. The summed E-state index contributed by atoms with van der Waals surface area (Å²) in [7, 11) is 1.36. The molecule has 1 aliphatic heterocycles. The molecule has 1 fully saturated rings. The van der Waals surface area contributed by atoms with Crippen LogP contribution in [-0.4, -0.2) is 88.5 Å². The number of furan rings is 1. The summed E-state index contributed by atoms with van der Waals surface area (Å²) in [4.78, 5) is 25.8. The van der Waals surface area contributed by atoms with E-state index in [0.29, 0.717) is 48.7 Å². The zero-order valence-corrected chi connectivity index (χ0v) is 26.9. The summed E-state index contributed by atoms with van der Waals surface area (Å²) in [6.45, 7) is 17.7. The lowest BCUT2D eigenvalue weighted by atomic mass is 10.0. The lowest BCUT2D eigenvalue weighted by Gasteiger charge is -2.35. The molecular formula is C30H43N5O6Si. The Morgan fingerprint density at radius 3 is 2.33 bits per heavy atom. The molecule has 42 heavy (non-hydrogen) atoms. The molecule has 0 saturated carbocycles. The first kappa shape index (κ1) is 31.3. The van der Waals surface area contributed by atoms with Crippen LogP contribution in [0.15, 0.2) is 28.7 Å². The highest BCUT2D eigenvalue weighted by Gasteiger charge is 2.29. The van der Waals surface area contributed by atoms with Gasteiger partial charge in [-0.3, -0.25) is 4.79 Å². The molecule has 2 aromatic heterocycles. The number of hydrogen-bond acceptors (Lipinski definition) is 10. The summed E-state index contributed by atoms with van der Waals surface area (Å²) in [5.74, 6) is 1.45. The predicted molar refractivity (Wildman–Crippen MR) is 165 cm³/mol. The number of aromatic nitrogens is 2. The fourth-order valence-electron chi connectivity index (χ4n) is 4.96. The number of likely N-dealkylation sites (N-methyl/N-ethyl adjacent to an activating group) is 1. The largest absolute Gasteiger partial charge is 0.480 e. The lowest BCUT2D eigenvalue weighted by Crippen LogP contribution is -2.48. The van der Waals surface area contributed by atoms with Crippen LogP contribution in [0.2, 0.25) is 19.6 Å². The number of hydrogen-bond donors (Lipinski definition) is 1. The van der Waals surface area contributed by atoms with E-state index in [1.165, 1.54) is 6.07 Å². The van der Waals surface area contributed by atoms with E-state index in [4.69, 9.17) is 39.1 Å². The molecule has 0 bridgehead atoms. The van der Waals surface area contributed by atoms with Gasteiger partial charge < -0.3 is 38.9 Å². The maximum atomic E-state index is 11.6. The van der Waals surface area contributed by atoms with Crippen molar-refractivity contribution in [2.24, 2.45) is 5.73 Å². The average Bonchev–Trinajstić information content (AvgIpc) is 3.45. The van der Waals surface area contributed by atoms with Crippen molar-refractivity contribution in [2.45, 2.75) is 46.5 Å². The van der Waals surface area contributed by atoms with Crippen LogP contribution >= 0.6 is 0 Å². The maximum absolute atomic E-state index is 11.6. The first-order valence-corrected chi connectivity index (χ1v) is 17.8. The number of carbonyl (C=O) groups excluding carboxylic acids is 1. The molecule has 1 aliphatic rings. The summed E-state index contributed by atoms with van der Waals surface area (Å²) in [5.41, 5.74) is 7.64. The van der Waals surface area contributed by atoms with E-state index in [-0.39, 0.29) is 17.8 Å². The summed E-state index contributed by atoms with van der Waals surface area (Å²) in [5, 5.41) is 1.14. The van der Waals surface area contributed by atoms with Crippen LogP contribution in [0.3, 0.4) is 0 Å².